The third kappa shape index (κ3) is 6.83. The molecule has 150 valence electrons. The van der Waals surface area contributed by atoms with Crippen LogP contribution in [0.3, 0.4) is 0 Å². The zero-order valence-corrected chi connectivity index (χ0v) is 16.5. The number of alkyl carbamates (subject to hydrolysis) is 1. The summed E-state index contributed by atoms with van der Waals surface area (Å²) in [5, 5.41) is 2.55. The summed E-state index contributed by atoms with van der Waals surface area (Å²) in [5.41, 5.74) is 6.49. The molecule has 0 aliphatic carbocycles. The summed E-state index contributed by atoms with van der Waals surface area (Å²) in [6.07, 6.45) is -0.417. The highest BCUT2D eigenvalue weighted by Gasteiger charge is 2.25. The summed E-state index contributed by atoms with van der Waals surface area (Å²) in [5.74, 6) is 0.761. The lowest BCUT2D eigenvalue weighted by Gasteiger charge is -2.22. The van der Waals surface area contributed by atoms with Crippen molar-refractivity contribution in [2.45, 2.75) is 38.8 Å². The van der Waals surface area contributed by atoms with Crippen LogP contribution in [-0.4, -0.2) is 30.8 Å². The van der Waals surface area contributed by atoms with Crippen LogP contribution in [0, 0.1) is 0 Å². The van der Waals surface area contributed by atoms with Crippen molar-refractivity contribution in [3.05, 3.63) is 54.1 Å². The van der Waals surface area contributed by atoms with Crippen LogP contribution in [0.2, 0.25) is 0 Å². The zero-order valence-electron chi connectivity index (χ0n) is 16.5. The molecule has 28 heavy (non-hydrogen) atoms. The van der Waals surface area contributed by atoms with Crippen molar-refractivity contribution < 1.29 is 23.8 Å². The van der Waals surface area contributed by atoms with Gasteiger partial charge in [-0.1, -0.05) is 12.1 Å². The highest BCUT2D eigenvalue weighted by molar-refractivity contribution is 5.81. The fraction of sp³-hybridized carbons (Fsp3) is 0.333. The summed E-state index contributed by atoms with van der Waals surface area (Å²) in [6, 6.07) is 13.4. The molecule has 0 aromatic heterocycles. The number of carbonyl (C=O) groups is 2. The van der Waals surface area contributed by atoms with Crippen molar-refractivity contribution in [1.29, 1.82) is 0 Å². The van der Waals surface area contributed by atoms with Gasteiger partial charge in [0.1, 0.15) is 23.1 Å². The number of methoxy groups -OCH3 is 1. The van der Waals surface area contributed by atoms with E-state index in [1.165, 1.54) is 7.11 Å². The number of anilines is 1. The Morgan fingerprint density at radius 3 is 2.04 bits per heavy atom. The van der Waals surface area contributed by atoms with Crippen molar-refractivity contribution in [1.82, 2.24) is 5.32 Å². The van der Waals surface area contributed by atoms with Crippen molar-refractivity contribution in [3.63, 3.8) is 0 Å². The Kier molecular flexibility index (Phi) is 6.87. The van der Waals surface area contributed by atoms with Crippen LogP contribution in [0.25, 0.3) is 0 Å². The maximum absolute atomic E-state index is 12.0. The Morgan fingerprint density at radius 1 is 1.00 bits per heavy atom. The summed E-state index contributed by atoms with van der Waals surface area (Å²) in [6.45, 7) is 5.25. The third-order valence-corrected chi connectivity index (χ3v) is 3.66. The first-order valence-electron chi connectivity index (χ1n) is 8.86. The van der Waals surface area contributed by atoms with Crippen molar-refractivity contribution >= 4 is 17.7 Å². The largest absolute Gasteiger partial charge is 0.467 e. The number of hydrogen-bond donors (Lipinski definition) is 2. The van der Waals surface area contributed by atoms with Gasteiger partial charge >= 0.3 is 12.1 Å². The molecule has 0 fully saturated rings. The minimum atomic E-state index is -0.858. The molecule has 0 spiro atoms. The van der Waals surface area contributed by atoms with Gasteiger partial charge in [-0.15, -0.1) is 0 Å². The van der Waals surface area contributed by atoms with Gasteiger partial charge in [-0.2, -0.15) is 0 Å². The number of hydrogen-bond acceptors (Lipinski definition) is 6. The summed E-state index contributed by atoms with van der Waals surface area (Å²) in [4.78, 5) is 24.0. The van der Waals surface area contributed by atoms with Gasteiger partial charge in [-0.05, 0) is 62.7 Å². The second-order valence-electron chi connectivity index (χ2n) is 7.24. The standard InChI is InChI=1S/C21H26N2O5/c1-21(2,3)28-20(25)23-18(19(24)26-4)13-14-5-9-16(10-6-14)27-17-11-7-15(22)8-12-17/h5-12,18H,13,22H2,1-4H3,(H,23,25)/t18-/m0/s1. The van der Waals surface area contributed by atoms with Crippen molar-refractivity contribution in [2.75, 3.05) is 12.8 Å². The van der Waals surface area contributed by atoms with Crippen molar-refractivity contribution in [2.24, 2.45) is 0 Å². The maximum Gasteiger partial charge on any atom is 0.408 e. The number of benzene rings is 2. The number of nitrogens with two attached hydrogens (primary N) is 1. The SMILES string of the molecule is COC(=O)[C@H](Cc1ccc(Oc2ccc(N)cc2)cc1)NC(=O)OC(C)(C)C. The highest BCUT2D eigenvalue weighted by Crippen LogP contribution is 2.23. The van der Waals surface area contributed by atoms with Crippen LogP contribution < -0.4 is 15.8 Å². The molecule has 1 atom stereocenters. The van der Waals surface area contributed by atoms with E-state index in [0.717, 1.165) is 5.56 Å². The molecule has 0 unspecified atom stereocenters. The lowest BCUT2D eigenvalue weighted by Crippen LogP contribution is -2.45. The topological polar surface area (TPSA) is 99.9 Å². The average molecular weight is 386 g/mol. The number of carbonyl (C=O) groups excluding carboxylic acids is 2. The Labute approximate surface area is 164 Å². The predicted molar refractivity (Wildman–Crippen MR) is 106 cm³/mol. The first kappa shape index (κ1) is 21.1. The van der Waals surface area contributed by atoms with Gasteiger partial charge in [-0.3, -0.25) is 0 Å². The molecule has 7 nitrogen and oxygen atoms in total. The number of ether oxygens (including phenoxy) is 3. The second-order valence-corrected chi connectivity index (χ2v) is 7.24. The molecule has 0 saturated carbocycles. The monoisotopic (exact) mass is 386 g/mol. The first-order valence-corrected chi connectivity index (χ1v) is 8.86. The molecule has 0 aliphatic heterocycles. The molecule has 2 aromatic rings. The summed E-state index contributed by atoms with van der Waals surface area (Å²) in [7, 11) is 1.27. The van der Waals surface area contributed by atoms with Crippen LogP contribution in [-0.2, 0) is 20.7 Å². The molecule has 3 N–H and O–H groups in total. The smallest absolute Gasteiger partial charge is 0.408 e. The van der Waals surface area contributed by atoms with E-state index in [9.17, 15) is 9.59 Å². The molecule has 0 bridgehead atoms. The number of amides is 1. The van der Waals surface area contributed by atoms with Gasteiger partial charge < -0.3 is 25.3 Å². The Morgan fingerprint density at radius 2 is 1.54 bits per heavy atom. The molecule has 2 rings (SSSR count). The van der Waals surface area contributed by atoms with Crippen LogP contribution in [0.1, 0.15) is 26.3 Å². The molecule has 0 aliphatic rings. The number of nitrogen functional groups attached to an aromatic ring is 1. The molecule has 7 heteroatoms. The number of esters is 1. The second kappa shape index (κ2) is 9.12. The van der Waals surface area contributed by atoms with Crippen LogP contribution >= 0.6 is 0 Å². The van der Waals surface area contributed by atoms with Gasteiger partial charge in [0.25, 0.3) is 0 Å². The van der Waals surface area contributed by atoms with E-state index in [4.69, 9.17) is 19.9 Å². The molecular formula is C21H26N2O5. The number of rotatable bonds is 6. The van der Waals surface area contributed by atoms with E-state index in [2.05, 4.69) is 5.32 Å². The Bertz CT molecular complexity index is 795. The lowest BCUT2D eigenvalue weighted by molar-refractivity contribution is -0.143. The third-order valence-electron chi connectivity index (χ3n) is 3.66. The lowest BCUT2D eigenvalue weighted by atomic mass is 10.1. The van der Waals surface area contributed by atoms with Crippen LogP contribution in [0.15, 0.2) is 48.5 Å². The zero-order chi connectivity index (χ0) is 20.7. The van der Waals surface area contributed by atoms with Crippen molar-refractivity contribution in [3.8, 4) is 11.5 Å². The van der Waals surface area contributed by atoms with E-state index >= 15 is 0 Å². The fourth-order valence-electron chi connectivity index (χ4n) is 2.39. The van der Waals surface area contributed by atoms with E-state index in [-0.39, 0.29) is 6.42 Å². The molecular weight excluding hydrogens is 360 g/mol. The minimum absolute atomic E-state index is 0.258. The summed E-state index contributed by atoms with van der Waals surface area (Å²) < 4.78 is 15.7. The van der Waals surface area contributed by atoms with E-state index in [0.29, 0.717) is 17.2 Å². The molecule has 0 radical (unpaired) electrons. The Hall–Kier alpha value is -3.22. The average Bonchev–Trinajstić information content (AvgIpc) is 2.62. The predicted octanol–water partition coefficient (Wildman–Crippen LogP) is 3.67. The van der Waals surface area contributed by atoms with Gasteiger partial charge in [-0.25, -0.2) is 9.59 Å². The molecule has 1 amide bonds. The van der Waals surface area contributed by atoms with E-state index in [1.807, 2.05) is 12.1 Å². The normalized spacial score (nSPS) is 12.0. The number of nitrogens with one attached hydrogen (secondary N) is 1. The van der Waals surface area contributed by atoms with E-state index < -0.39 is 23.7 Å². The fourth-order valence-corrected chi connectivity index (χ4v) is 2.39. The minimum Gasteiger partial charge on any atom is -0.467 e. The first-order chi connectivity index (χ1) is 13.2. The van der Waals surface area contributed by atoms with Crippen LogP contribution in [0.4, 0.5) is 10.5 Å². The quantitative estimate of drug-likeness (QED) is 0.580. The molecule has 0 heterocycles. The van der Waals surface area contributed by atoms with E-state index in [1.54, 1.807) is 57.2 Å². The highest BCUT2D eigenvalue weighted by atomic mass is 16.6. The van der Waals surface area contributed by atoms with Gasteiger partial charge in [0.15, 0.2) is 0 Å². The molecule has 0 saturated heterocycles. The van der Waals surface area contributed by atoms with Crippen LogP contribution in [0.5, 0.6) is 11.5 Å². The Balaban J connectivity index is 2.02. The molecule has 2 aromatic carbocycles. The van der Waals surface area contributed by atoms with Gasteiger partial charge in [0.2, 0.25) is 0 Å². The van der Waals surface area contributed by atoms with Gasteiger partial charge in [0, 0.05) is 12.1 Å². The van der Waals surface area contributed by atoms with Gasteiger partial charge in [0.05, 0.1) is 7.11 Å². The maximum atomic E-state index is 12.0. The summed E-state index contributed by atoms with van der Waals surface area (Å²) >= 11 is 0.